The molecule has 0 radical (unpaired) electrons. The van der Waals surface area contributed by atoms with Crippen LogP contribution >= 0.6 is 34.5 Å². The van der Waals surface area contributed by atoms with Crippen molar-refractivity contribution in [2.75, 3.05) is 0 Å². The van der Waals surface area contributed by atoms with Crippen LogP contribution in [0.4, 0.5) is 0 Å². The van der Waals surface area contributed by atoms with Gasteiger partial charge in [-0.3, -0.25) is 0 Å². The van der Waals surface area contributed by atoms with Gasteiger partial charge in [-0.15, -0.1) is 11.3 Å². The zero-order valence-corrected chi connectivity index (χ0v) is 11.0. The van der Waals surface area contributed by atoms with Gasteiger partial charge in [0.05, 0.1) is 16.1 Å². The minimum atomic E-state index is -0.131. The molecule has 0 spiro atoms. The van der Waals surface area contributed by atoms with Crippen molar-refractivity contribution in [3.63, 3.8) is 0 Å². The third-order valence-electron chi connectivity index (χ3n) is 2.37. The molecule has 2 aromatic rings. The van der Waals surface area contributed by atoms with Gasteiger partial charge in [-0.25, -0.2) is 0 Å². The molecular weight excluding hydrogens is 261 g/mol. The summed E-state index contributed by atoms with van der Waals surface area (Å²) >= 11 is 13.5. The number of thiophene rings is 1. The van der Waals surface area contributed by atoms with Crippen LogP contribution in [0.15, 0.2) is 30.3 Å². The Balaban J connectivity index is 2.33. The molecule has 0 aliphatic rings. The smallest absolute Gasteiger partial charge is 0.0646 e. The zero-order valence-electron chi connectivity index (χ0n) is 8.71. The summed E-state index contributed by atoms with van der Waals surface area (Å²) in [5.74, 6) is 0. The number of halogens is 2. The molecule has 1 unspecified atom stereocenters. The molecular formula is C12H11Cl2NS. The minimum absolute atomic E-state index is 0.131. The molecule has 0 amide bonds. The van der Waals surface area contributed by atoms with Crippen molar-refractivity contribution >= 4 is 34.5 Å². The van der Waals surface area contributed by atoms with E-state index in [1.54, 1.807) is 17.4 Å². The third-order valence-corrected chi connectivity index (χ3v) is 4.19. The van der Waals surface area contributed by atoms with Gasteiger partial charge in [-0.1, -0.05) is 29.3 Å². The van der Waals surface area contributed by atoms with E-state index in [1.807, 2.05) is 18.2 Å². The molecule has 2 N–H and O–H groups in total. The lowest BCUT2D eigenvalue weighted by Gasteiger charge is -2.10. The SMILES string of the molecule is Cc1ccc(C(N)c2ccc(Cl)c(Cl)c2)s1. The summed E-state index contributed by atoms with van der Waals surface area (Å²) in [6.45, 7) is 2.07. The molecule has 0 saturated carbocycles. The molecule has 1 atom stereocenters. The van der Waals surface area contributed by atoms with E-state index in [2.05, 4.69) is 13.0 Å². The predicted octanol–water partition coefficient (Wildman–Crippen LogP) is 4.41. The van der Waals surface area contributed by atoms with E-state index in [0.717, 1.165) is 10.4 Å². The fraction of sp³-hybridized carbons (Fsp3) is 0.167. The summed E-state index contributed by atoms with van der Waals surface area (Å²) in [7, 11) is 0. The summed E-state index contributed by atoms with van der Waals surface area (Å²) in [5.41, 5.74) is 7.14. The molecule has 1 nitrogen and oxygen atoms in total. The second kappa shape index (κ2) is 4.76. The molecule has 0 saturated heterocycles. The van der Waals surface area contributed by atoms with Crippen molar-refractivity contribution in [2.24, 2.45) is 5.73 Å². The van der Waals surface area contributed by atoms with Gasteiger partial charge in [-0.2, -0.15) is 0 Å². The van der Waals surface area contributed by atoms with Gasteiger partial charge in [0, 0.05) is 9.75 Å². The summed E-state index contributed by atoms with van der Waals surface area (Å²) in [6, 6.07) is 9.50. The number of aryl methyl sites for hydroxylation is 1. The molecule has 0 aliphatic carbocycles. The van der Waals surface area contributed by atoms with Crippen LogP contribution in [-0.4, -0.2) is 0 Å². The van der Waals surface area contributed by atoms with Gasteiger partial charge in [-0.05, 0) is 36.8 Å². The highest BCUT2D eigenvalue weighted by atomic mass is 35.5. The van der Waals surface area contributed by atoms with Gasteiger partial charge in [0.25, 0.3) is 0 Å². The number of hydrogen-bond donors (Lipinski definition) is 1. The van der Waals surface area contributed by atoms with Crippen molar-refractivity contribution in [3.05, 3.63) is 55.7 Å². The van der Waals surface area contributed by atoms with E-state index in [4.69, 9.17) is 28.9 Å². The van der Waals surface area contributed by atoms with Crippen LogP contribution in [0.25, 0.3) is 0 Å². The molecule has 0 bridgehead atoms. The lowest BCUT2D eigenvalue weighted by Crippen LogP contribution is -2.09. The first kappa shape index (κ1) is 11.9. The summed E-state index contributed by atoms with van der Waals surface area (Å²) in [4.78, 5) is 2.39. The van der Waals surface area contributed by atoms with E-state index in [9.17, 15) is 0 Å². The van der Waals surface area contributed by atoms with E-state index in [1.165, 1.54) is 4.88 Å². The first-order chi connectivity index (χ1) is 7.58. The molecule has 1 heterocycles. The fourth-order valence-electron chi connectivity index (χ4n) is 1.49. The maximum atomic E-state index is 6.16. The Bertz CT molecular complexity index is 507. The monoisotopic (exact) mass is 271 g/mol. The molecule has 16 heavy (non-hydrogen) atoms. The van der Waals surface area contributed by atoms with Crippen LogP contribution in [0.1, 0.15) is 21.4 Å². The van der Waals surface area contributed by atoms with E-state index in [-0.39, 0.29) is 6.04 Å². The average molecular weight is 272 g/mol. The van der Waals surface area contributed by atoms with E-state index >= 15 is 0 Å². The molecule has 1 aromatic heterocycles. The second-order valence-electron chi connectivity index (χ2n) is 3.60. The predicted molar refractivity (Wildman–Crippen MR) is 71.5 cm³/mol. The molecule has 4 heteroatoms. The van der Waals surface area contributed by atoms with Gasteiger partial charge >= 0.3 is 0 Å². The molecule has 84 valence electrons. The molecule has 0 aliphatic heterocycles. The number of nitrogens with two attached hydrogens (primary N) is 1. The Morgan fingerprint density at radius 1 is 1.12 bits per heavy atom. The Morgan fingerprint density at radius 2 is 1.88 bits per heavy atom. The first-order valence-electron chi connectivity index (χ1n) is 4.85. The highest BCUT2D eigenvalue weighted by molar-refractivity contribution is 7.12. The number of benzene rings is 1. The molecule has 1 aromatic carbocycles. The number of rotatable bonds is 2. The Labute approximate surface area is 109 Å². The quantitative estimate of drug-likeness (QED) is 0.860. The Morgan fingerprint density at radius 3 is 2.44 bits per heavy atom. The normalized spacial score (nSPS) is 12.8. The lowest BCUT2D eigenvalue weighted by atomic mass is 10.1. The van der Waals surface area contributed by atoms with Crippen molar-refractivity contribution in [1.29, 1.82) is 0 Å². The van der Waals surface area contributed by atoms with Crippen LogP contribution in [0.5, 0.6) is 0 Å². The van der Waals surface area contributed by atoms with Crippen LogP contribution in [0, 0.1) is 6.92 Å². The Kier molecular flexibility index (Phi) is 3.55. The zero-order chi connectivity index (χ0) is 11.7. The maximum Gasteiger partial charge on any atom is 0.0646 e. The summed E-state index contributed by atoms with van der Waals surface area (Å²) < 4.78 is 0. The highest BCUT2D eigenvalue weighted by Gasteiger charge is 2.12. The highest BCUT2D eigenvalue weighted by Crippen LogP contribution is 2.30. The lowest BCUT2D eigenvalue weighted by molar-refractivity contribution is 0.894. The van der Waals surface area contributed by atoms with Crippen LogP contribution < -0.4 is 5.73 Å². The van der Waals surface area contributed by atoms with E-state index < -0.39 is 0 Å². The first-order valence-corrected chi connectivity index (χ1v) is 6.42. The standard InChI is InChI=1S/C12H11Cl2NS/c1-7-2-5-11(16-7)12(15)8-3-4-9(13)10(14)6-8/h2-6,12H,15H2,1H3. The Hall–Kier alpha value is -0.540. The largest absolute Gasteiger partial charge is 0.320 e. The maximum absolute atomic E-state index is 6.16. The van der Waals surface area contributed by atoms with Crippen molar-refractivity contribution < 1.29 is 0 Å². The van der Waals surface area contributed by atoms with Gasteiger partial charge in [0.2, 0.25) is 0 Å². The van der Waals surface area contributed by atoms with Crippen molar-refractivity contribution in [3.8, 4) is 0 Å². The number of hydrogen-bond acceptors (Lipinski definition) is 2. The second-order valence-corrected chi connectivity index (χ2v) is 5.73. The topological polar surface area (TPSA) is 26.0 Å². The van der Waals surface area contributed by atoms with Crippen molar-refractivity contribution in [2.45, 2.75) is 13.0 Å². The van der Waals surface area contributed by atoms with Crippen molar-refractivity contribution in [1.82, 2.24) is 0 Å². The third kappa shape index (κ3) is 2.41. The van der Waals surface area contributed by atoms with E-state index in [0.29, 0.717) is 10.0 Å². The van der Waals surface area contributed by atoms with Gasteiger partial charge in [0.15, 0.2) is 0 Å². The minimum Gasteiger partial charge on any atom is -0.320 e. The van der Waals surface area contributed by atoms with Crippen LogP contribution in [-0.2, 0) is 0 Å². The van der Waals surface area contributed by atoms with Gasteiger partial charge < -0.3 is 5.73 Å². The van der Waals surface area contributed by atoms with Crippen LogP contribution in [0.3, 0.4) is 0 Å². The summed E-state index contributed by atoms with van der Waals surface area (Å²) in [5, 5.41) is 1.10. The fourth-order valence-corrected chi connectivity index (χ4v) is 2.70. The van der Waals surface area contributed by atoms with Gasteiger partial charge in [0.1, 0.15) is 0 Å². The summed E-state index contributed by atoms with van der Waals surface area (Å²) in [6.07, 6.45) is 0. The molecule has 2 rings (SSSR count). The average Bonchev–Trinajstić information content (AvgIpc) is 2.68. The van der Waals surface area contributed by atoms with Crippen LogP contribution in [0.2, 0.25) is 10.0 Å². The molecule has 0 fully saturated rings.